The molecule has 0 radical (unpaired) electrons. The number of nitrogens with zero attached hydrogens (tertiary/aromatic N) is 3. The number of nitrogens with one attached hydrogen (secondary N) is 1. The van der Waals surface area contributed by atoms with Gasteiger partial charge in [0, 0.05) is 0 Å². The SMILES string of the molecule is C[C@]12CC[C@@H]3c4ccc(O)cc4CC[C@H]3[C@@H]1CC[C@@H]2O.Clc1nc(Cl)nc(Nc2ccccc2Cl)n1. The van der Waals surface area contributed by atoms with E-state index >= 15 is 0 Å². The second-order valence-electron chi connectivity index (χ2n) is 10.2. The summed E-state index contributed by atoms with van der Waals surface area (Å²) in [7, 11) is 0. The van der Waals surface area contributed by atoms with Crippen molar-refractivity contribution in [3.63, 3.8) is 0 Å². The molecule has 3 aliphatic rings. The van der Waals surface area contributed by atoms with Crippen molar-refractivity contribution in [3.05, 3.63) is 69.2 Å². The van der Waals surface area contributed by atoms with Gasteiger partial charge in [0.15, 0.2) is 0 Å². The summed E-state index contributed by atoms with van der Waals surface area (Å²) in [6.07, 6.45) is 6.78. The van der Waals surface area contributed by atoms with Gasteiger partial charge in [-0.15, -0.1) is 0 Å². The average molecular weight is 548 g/mol. The van der Waals surface area contributed by atoms with Gasteiger partial charge in [-0.2, -0.15) is 15.0 Å². The second kappa shape index (κ2) is 10.3. The number of para-hydroxylation sites is 1. The van der Waals surface area contributed by atoms with Gasteiger partial charge >= 0.3 is 0 Å². The molecule has 2 fully saturated rings. The Morgan fingerprint density at radius 1 is 0.944 bits per heavy atom. The maximum Gasteiger partial charge on any atom is 0.232 e. The lowest BCUT2D eigenvalue weighted by Crippen LogP contribution is -2.43. The summed E-state index contributed by atoms with van der Waals surface area (Å²) in [6.45, 7) is 2.32. The Kier molecular flexibility index (Phi) is 7.32. The number of benzene rings is 2. The molecule has 3 aromatic rings. The lowest BCUT2D eigenvalue weighted by molar-refractivity contribution is -0.0226. The zero-order chi connectivity index (χ0) is 25.4. The summed E-state index contributed by atoms with van der Waals surface area (Å²) in [5.74, 6) is 2.74. The lowest BCUT2D eigenvalue weighted by atomic mass is 9.55. The highest BCUT2D eigenvalue weighted by atomic mass is 35.5. The molecule has 9 heteroatoms. The molecular formula is C27H29Cl3N4O2. The van der Waals surface area contributed by atoms with E-state index in [0.717, 1.165) is 25.2 Å². The van der Waals surface area contributed by atoms with Gasteiger partial charge in [0.2, 0.25) is 16.5 Å². The van der Waals surface area contributed by atoms with E-state index in [9.17, 15) is 10.2 Å². The number of phenolic OH excluding ortho intramolecular Hbond substituents is 1. The second-order valence-corrected chi connectivity index (χ2v) is 11.3. The largest absolute Gasteiger partial charge is 0.508 e. The maximum atomic E-state index is 10.4. The first kappa shape index (κ1) is 25.5. The van der Waals surface area contributed by atoms with Gasteiger partial charge < -0.3 is 15.5 Å². The van der Waals surface area contributed by atoms with Gasteiger partial charge in [0.05, 0.1) is 16.8 Å². The van der Waals surface area contributed by atoms with Crippen LogP contribution in [-0.4, -0.2) is 31.3 Å². The highest BCUT2D eigenvalue weighted by molar-refractivity contribution is 6.33. The van der Waals surface area contributed by atoms with Crippen LogP contribution in [0.4, 0.5) is 11.6 Å². The summed E-state index contributed by atoms with van der Waals surface area (Å²) in [6, 6.07) is 13.1. The van der Waals surface area contributed by atoms with Crippen molar-refractivity contribution in [1.82, 2.24) is 15.0 Å². The van der Waals surface area contributed by atoms with Crippen molar-refractivity contribution in [2.24, 2.45) is 17.3 Å². The standard InChI is InChI=1S/C18H24O2.C9H5Cl3N4/c1-18-9-8-14-13-5-3-12(19)10-11(13)2-4-15(14)16(18)6-7-17(18)20;10-5-3-1-2-4-6(5)13-9-15-7(11)14-8(12)16-9/h3,5,10,14-17,19-20H,2,4,6-9H2,1H3;1-4H,(H,13,14,15,16)/t14-,15-,16+,17+,18+;/m1./s1. The predicted octanol–water partition coefficient (Wildman–Crippen LogP) is 7.18. The Bertz CT molecular complexity index is 1240. The first-order valence-electron chi connectivity index (χ1n) is 12.3. The van der Waals surface area contributed by atoms with E-state index in [1.54, 1.807) is 12.1 Å². The van der Waals surface area contributed by atoms with E-state index in [1.807, 2.05) is 24.3 Å². The molecule has 2 saturated carbocycles. The molecule has 3 aliphatic carbocycles. The van der Waals surface area contributed by atoms with E-state index in [4.69, 9.17) is 34.8 Å². The quantitative estimate of drug-likeness (QED) is 0.315. The molecule has 5 atom stereocenters. The third-order valence-electron chi connectivity index (χ3n) is 8.36. The van der Waals surface area contributed by atoms with Gasteiger partial charge in [-0.05, 0) is 120 Å². The van der Waals surface area contributed by atoms with Crippen LogP contribution >= 0.6 is 34.8 Å². The van der Waals surface area contributed by atoms with Crippen LogP contribution in [-0.2, 0) is 6.42 Å². The lowest BCUT2D eigenvalue weighted by Gasteiger charge is -2.50. The van der Waals surface area contributed by atoms with Crippen molar-refractivity contribution in [2.75, 3.05) is 5.32 Å². The van der Waals surface area contributed by atoms with Crippen LogP contribution in [0, 0.1) is 17.3 Å². The van der Waals surface area contributed by atoms with Crippen molar-refractivity contribution >= 4 is 46.4 Å². The number of aliphatic hydroxyl groups is 1. The number of phenols is 1. The fraction of sp³-hybridized carbons (Fsp3) is 0.444. The normalized spacial score (nSPS) is 28.2. The minimum Gasteiger partial charge on any atom is -0.508 e. The Morgan fingerprint density at radius 3 is 2.44 bits per heavy atom. The molecule has 0 bridgehead atoms. The first-order chi connectivity index (χ1) is 17.2. The van der Waals surface area contributed by atoms with E-state index in [2.05, 4.69) is 33.3 Å². The van der Waals surface area contributed by atoms with E-state index in [0.29, 0.717) is 28.3 Å². The van der Waals surface area contributed by atoms with E-state index < -0.39 is 0 Å². The van der Waals surface area contributed by atoms with Crippen LogP contribution in [0.2, 0.25) is 15.6 Å². The molecule has 2 aromatic carbocycles. The topological polar surface area (TPSA) is 91.2 Å². The van der Waals surface area contributed by atoms with E-state index in [-0.39, 0.29) is 28.0 Å². The summed E-state index contributed by atoms with van der Waals surface area (Å²) in [5.41, 5.74) is 3.66. The zero-order valence-electron chi connectivity index (χ0n) is 20.0. The minimum absolute atomic E-state index is 0.0227. The fourth-order valence-corrected chi connectivity index (χ4v) is 7.15. The van der Waals surface area contributed by atoms with Crippen LogP contribution in [0.15, 0.2) is 42.5 Å². The van der Waals surface area contributed by atoms with Gasteiger partial charge in [-0.3, -0.25) is 0 Å². The van der Waals surface area contributed by atoms with Gasteiger partial charge in [-0.25, -0.2) is 0 Å². The molecule has 0 unspecified atom stereocenters. The molecule has 0 saturated heterocycles. The number of aliphatic hydroxyl groups excluding tert-OH is 1. The molecule has 0 spiro atoms. The monoisotopic (exact) mass is 546 g/mol. The Hall–Kier alpha value is -2.12. The smallest absolute Gasteiger partial charge is 0.232 e. The van der Waals surface area contributed by atoms with Gasteiger partial charge in [0.1, 0.15) is 5.75 Å². The van der Waals surface area contributed by atoms with E-state index in [1.165, 1.54) is 30.4 Å². The van der Waals surface area contributed by atoms with Crippen molar-refractivity contribution in [3.8, 4) is 5.75 Å². The number of hydrogen-bond donors (Lipinski definition) is 3. The third-order valence-corrected chi connectivity index (χ3v) is 9.03. The van der Waals surface area contributed by atoms with Crippen LogP contribution in [0.5, 0.6) is 5.75 Å². The first-order valence-corrected chi connectivity index (χ1v) is 13.5. The number of aromatic nitrogens is 3. The number of aryl methyl sites for hydroxylation is 1. The molecule has 6 nitrogen and oxygen atoms in total. The number of aromatic hydroxyl groups is 1. The fourth-order valence-electron chi connectivity index (χ4n) is 6.61. The Balaban J connectivity index is 0.000000152. The van der Waals surface area contributed by atoms with Crippen LogP contribution in [0.25, 0.3) is 0 Å². The maximum absolute atomic E-state index is 10.4. The van der Waals surface area contributed by atoms with Gasteiger partial charge in [-0.1, -0.05) is 36.7 Å². The van der Waals surface area contributed by atoms with Crippen molar-refractivity contribution in [1.29, 1.82) is 0 Å². The summed E-state index contributed by atoms with van der Waals surface area (Å²) in [4.78, 5) is 11.4. The number of rotatable bonds is 2. The van der Waals surface area contributed by atoms with Crippen LogP contribution in [0.1, 0.15) is 56.1 Å². The molecule has 0 amide bonds. The molecule has 1 aromatic heterocycles. The Labute approximate surface area is 226 Å². The molecule has 190 valence electrons. The molecule has 3 N–H and O–H groups in total. The number of anilines is 2. The molecule has 1 heterocycles. The Morgan fingerprint density at radius 2 is 1.69 bits per heavy atom. The van der Waals surface area contributed by atoms with Crippen molar-refractivity contribution < 1.29 is 10.2 Å². The van der Waals surface area contributed by atoms with Gasteiger partial charge in [0.25, 0.3) is 0 Å². The molecular weight excluding hydrogens is 519 g/mol. The number of hydrogen-bond acceptors (Lipinski definition) is 6. The number of halogens is 3. The number of fused-ring (bicyclic) bond motifs is 5. The van der Waals surface area contributed by atoms with Crippen molar-refractivity contribution in [2.45, 2.75) is 57.5 Å². The zero-order valence-corrected chi connectivity index (χ0v) is 22.2. The summed E-state index contributed by atoms with van der Waals surface area (Å²) in [5, 5.41) is 23.5. The predicted molar refractivity (Wildman–Crippen MR) is 143 cm³/mol. The summed E-state index contributed by atoms with van der Waals surface area (Å²) >= 11 is 17.2. The highest BCUT2D eigenvalue weighted by Gasteiger charge is 2.54. The molecule has 0 aliphatic heterocycles. The molecule has 36 heavy (non-hydrogen) atoms. The minimum atomic E-state index is -0.0883. The molecule has 6 rings (SSSR count). The van der Waals surface area contributed by atoms with Crippen LogP contribution < -0.4 is 5.32 Å². The summed E-state index contributed by atoms with van der Waals surface area (Å²) < 4.78 is 0. The van der Waals surface area contributed by atoms with Crippen LogP contribution in [0.3, 0.4) is 0 Å². The highest BCUT2D eigenvalue weighted by Crippen LogP contribution is 2.60. The third kappa shape index (κ3) is 5.01. The average Bonchev–Trinajstić information content (AvgIpc) is 3.14.